The van der Waals surface area contributed by atoms with Crippen LogP contribution in [0.25, 0.3) is 0 Å². The average Bonchev–Trinajstić information content (AvgIpc) is 2.55. The Morgan fingerprint density at radius 2 is 1.96 bits per heavy atom. The predicted molar refractivity (Wildman–Crippen MR) is 95.9 cm³/mol. The number of anilines is 1. The van der Waals surface area contributed by atoms with Crippen molar-refractivity contribution in [3.05, 3.63) is 67.3 Å². The lowest BCUT2D eigenvalue weighted by molar-refractivity contribution is -0.385. The van der Waals surface area contributed by atoms with Crippen LogP contribution >= 0.6 is 22.6 Å². The summed E-state index contributed by atoms with van der Waals surface area (Å²) in [6.07, 6.45) is 0. The van der Waals surface area contributed by atoms with Crippen molar-refractivity contribution < 1.29 is 19.2 Å². The number of esters is 1. The van der Waals surface area contributed by atoms with Crippen molar-refractivity contribution in [3.8, 4) is 0 Å². The van der Waals surface area contributed by atoms with Crippen molar-refractivity contribution in [2.24, 2.45) is 0 Å². The van der Waals surface area contributed by atoms with E-state index in [0.29, 0.717) is 5.69 Å². The number of rotatable bonds is 5. The Kier molecular flexibility index (Phi) is 5.85. The Balaban J connectivity index is 1.99. The van der Waals surface area contributed by atoms with Crippen LogP contribution in [0.3, 0.4) is 0 Å². The van der Waals surface area contributed by atoms with Crippen LogP contribution in [0.2, 0.25) is 0 Å². The summed E-state index contributed by atoms with van der Waals surface area (Å²) in [6, 6.07) is 10.9. The number of carbonyl (C=O) groups is 2. The molecule has 2 aromatic rings. The minimum atomic E-state index is -0.920. The molecule has 2 rings (SSSR count). The molecule has 0 heterocycles. The molecule has 0 atom stereocenters. The van der Waals surface area contributed by atoms with Crippen LogP contribution in [-0.4, -0.2) is 23.4 Å². The van der Waals surface area contributed by atoms with Gasteiger partial charge in [-0.2, -0.15) is 0 Å². The lowest BCUT2D eigenvalue weighted by Crippen LogP contribution is -2.21. The molecule has 0 spiro atoms. The number of nitrogens with zero attached hydrogens (tertiary/aromatic N) is 1. The van der Waals surface area contributed by atoms with E-state index >= 15 is 0 Å². The van der Waals surface area contributed by atoms with E-state index in [0.717, 1.165) is 9.13 Å². The monoisotopic (exact) mass is 440 g/mol. The highest BCUT2D eigenvalue weighted by Gasteiger charge is 2.21. The SMILES string of the molecule is Cc1cc(I)ccc1NC(=O)COC(=O)c1ccccc1[N+](=O)[O-]. The van der Waals surface area contributed by atoms with Gasteiger partial charge in [0.15, 0.2) is 6.61 Å². The predicted octanol–water partition coefficient (Wildman–Crippen LogP) is 3.30. The third kappa shape index (κ3) is 4.51. The summed E-state index contributed by atoms with van der Waals surface area (Å²) < 4.78 is 5.89. The van der Waals surface area contributed by atoms with Crippen LogP contribution in [0.1, 0.15) is 15.9 Å². The quantitative estimate of drug-likeness (QED) is 0.333. The molecule has 0 radical (unpaired) electrons. The fourth-order valence-electron chi connectivity index (χ4n) is 1.97. The highest BCUT2D eigenvalue weighted by Crippen LogP contribution is 2.19. The van der Waals surface area contributed by atoms with Crippen LogP contribution in [0, 0.1) is 20.6 Å². The number of hydrogen-bond acceptors (Lipinski definition) is 5. The van der Waals surface area contributed by atoms with Gasteiger partial charge in [-0.1, -0.05) is 12.1 Å². The standard InChI is InChI=1S/C16H13IN2O5/c1-10-8-11(17)6-7-13(10)18-15(20)9-24-16(21)12-4-2-3-5-14(12)19(22)23/h2-8H,9H2,1H3,(H,18,20). The Bertz CT molecular complexity index is 807. The summed E-state index contributed by atoms with van der Waals surface area (Å²) in [4.78, 5) is 34.0. The molecular formula is C16H13IN2O5. The second kappa shape index (κ2) is 7.86. The van der Waals surface area contributed by atoms with Crippen molar-refractivity contribution in [2.75, 3.05) is 11.9 Å². The maximum atomic E-state index is 11.9. The molecule has 1 amide bonds. The van der Waals surface area contributed by atoms with Crippen molar-refractivity contribution in [1.29, 1.82) is 0 Å². The molecule has 24 heavy (non-hydrogen) atoms. The third-order valence-corrected chi connectivity index (χ3v) is 3.79. The van der Waals surface area contributed by atoms with Crippen molar-refractivity contribution in [3.63, 3.8) is 0 Å². The summed E-state index contributed by atoms with van der Waals surface area (Å²) >= 11 is 2.16. The number of hydrogen-bond donors (Lipinski definition) is 1. The van der Waals surface area contributed by atoms with Crippen molar-refractivity contribution in [1.82, 2.24) is 0 Å². The Morgan fingerprint density at radius 3 is 2.62 bits per heavy atom. The highest BCUT2D eigenvalue weighted by molar-refractivity contribution is 14.1. The smallest absolute Gasteiger partial charge is 0.345 e. The van der Waals surface area contributed by atoms with E-state index in [2.05, 4.69) is 27.9 Å². The zero-order valence-corrected chi connectivity index (χ0v) is 14.8. The molecule has 7 nitrogen and oxygen atoms in total. The Morgan fingerprint density at radius 1 is 1.25 bits per heavy atom. The first-order valence-corrected chi connectivity index (χ1v) is 7.93. The first kappa shape index (κ1) is 17.9. The first-order chi connectivity index (χ1) is 11.4. The number of para-hydroxylation sites is 1. The third-order valence-electron chi connectivity index (χ3n) is 3.12. The zero-order chi connectivity index (χ0) is 17.7. The molecule has 0 aromatic heterocycles. The fourth-order valence-corrected chi connectivity index (χ4v) is 2.61. The van der Waals surface area contributed by atoms with Crippen LogP contribution in [-0.2, 0) is 9.53 Å². The number of aryl methyl sites for hydroxylation is 1. The van der Waals surface area contributed by atoms with E-state index in [1.807, 2.05) is 19.1 Å². The lowest BCUT2D eigenvalue weighted by Gasteiger charge is -2.09. The average molecular weight is 440 g/mol. The van der Waals surface area contributed by atoms with E-state index in [9.17, 15) is 19.7 Å². The molecule has 0 aliphatic heterocycles. The van der Waals surface area contributed by atoms with E-state index in [1.165, 1.54) is 24.3 Å². The van der Waals surface area contributed by atoms with Gasteiger partial charge in [-0.15, -0.1) is 0 Å². The lowest BCUT2D eigenvalue weighted by atomic mass is 10.2. The summed E-state index contributed by atoms with van der Waals surface area (Å²) in [5, 5.41) is 13.5. The normalized spacial score (nSPS) is 10.1. The van der Waals surface area contributed by atoms with Crippen LogP contribution in [0.5, 0.6) is 0 Å². The van der Waals surface area contributed by atoms with E-state index in [1.54, 1.807) is 6.07 Å². The molecule has 0 aliphatic rings. The molecule has 1 N–H and O–H groups in total. The van der Waals surface area contributed by atoms with Crippen LogP contribution in [0.15, 0.2) is 42.5 Å². The minimum Gasteiger partial charge on any atom is -0.452 e. The summed E-state index contributed by atoms with van der Waals surface area (Å²) in [5.74, 6) is -1.44. The van der Waals surface area contributed by atoms with Crippen molar-refractivity contribution >= 4 is 45.8 Å². The minimum absolute atomic E-state index is 0.194. The molecule has 0 fully saturated rings. The Labute approximate surface area is 151 Å². The van der Waals surface area contributed by atoms with Gasteiger partial charge in [-0.3, -0.25) is 14.9 Å². The molecule has 0 unspecified atom stereocenters. The number of nitro benzene ring substituents is 1. The van der Waals surface area contributed by atoms with Gasteiger partial charge in [0.1, 0.15) is 5.56 Å². The summed E-state index contributed by atoms with van der Waals surface area (Å²) in [7, 11) is 0. The van der Waals surface area contributed by atoms with Gasteiger partial charge in [0.25, 0.3) is 11.6 Å². The largest absolute Gasteiger partial charge is 0.452 e. The number of ether oxygens (including phenoxy) is 1. The number of benzene rings is 2. The van der Waals surface area contributed by atoms with Gasteiger partial charge < -0.3 is 10.1 Å². The van der Waals surface area contributed by atoms with Crippen molar-refractivity contribution in [2.45, 2.75) is 6.92 Å². The second-order valence-electron chi connectivity index (χ2n) is 4.86. The number of amides is 1. The van der Waals surface area contributed by atoms with Gasteiger partial charge in [0.05, 0.1) is 4.92 Å². The van der Waals surface area contributed by atoms with Crippen LogP contribution in [0.4, 0.5) is 11.4 Å². The number of carbonyl (C=O) groups excluding carboxylic acids is 2. The van der Waals surface area contributed by atoms with E-state index in [-0.39, 0.29) is 11.3 Å². The second-order valence-corrected chi connectivity index (χ2v) is 6.10. The van der Waals surface area contributed by atoms with Gasteiger partial charge in [-0.05, 0) is 59.3 Å². The van der Waals surface area contributed by atoms with Gasteiger partial charge in [0, 0.05) is 15.3 Å². The number of nitrogens with one attached hydrogen (secondary N) is 1. The number of halogens is 1. The first-order valence-electron chi connectivity index (χ1n) is 6.85. The zero-order valence-electron chi connectivity index (χ0n) is 12.6. The van der Waals surface area contributed by atoms with Gasteiger partial charge in [0.2, 0.25) is 0 Å². The topological polar surface area (TPSA) is 98.5 Å². The Hall–Kier alpha value is -2.49. The fraction of sp³-hybridized carbons (Fsp3) is 0.125. The van der Waals surface area contributed by atoms with Crippen LogP contribution < -0.4 is 5.32 Å². The highest BCUT2D eigenvalue weighted by atomic mass is 127. The van der Waals surface area contributed by atoms with Gasteiger partial charge >= 0.3 is 5.97 Å². The molecule has 0 aliphatic carbocycles. The maximum absolute atomic E-state index is 11.9. The molecule has 0 saturated heterocycles. The van der Waals surface area contributed by atoms with E-state index in [4.69, 9.17) is 4.74 Å². The molecule has 2 aromatic carbocycles. The van der Waals surface area contributed by atoms with E-state index < -0.39 is 23.4 Å². The summed E-state index contributed by atoms with van der Waals surface area (Å²) in [5.41, 5.74) is 0.930. The number of nitro groups is 1. The maximum Gasteiger partial charge on any atom is 0.345 e. The molecule has 124 valence electrons. The molecular weight excluding hydrogens is 427 g/mol. The summed E-state index contributed by atoms with van der Waals surface area (Å²) in [6.45, 7) is 1.31. The van der Waals surface area contributed by atoms with Gasteiger partial charge in [-0.25, -0.2) is 4.79 Å². The molecule has 8 heteroatoms. The molecule has 0 saturated carbocycles. The molecule has 0 bridgehead atoms.